The molecule has 1 aliphatic heterocycles. The molecule has 0 amide bonds. The van der Waals surface area contributed by atoms with E-state index in [1.54, 1.807) is 0 Å². The second-order valence-corrected chi connectivity index (χ2v) is 5.35. The zero-order chi connectivity index (χ0) is 11.7. The van der Waals surface area contributed by atoms with Gasteiger partial charge in [0, 0.05) is 39.3 Å². The van der Waals surface area contributed by atoms with Gasteiger partial charge in [0.05, 0.1) is 15.9 Å². The predicted octanol–water partition coefficient (Wildman–Crippen LogP) is 1.71. The molecular weight excluding hydrogens is 304 g/mol. The third-order valence-corrected chi connectivity index (χ3v) is 4.12. The van der Waals surface area contributed by atoms with E-state index in [4.69, 9.17) is 0 Å². The molecule has 1 saturated heterocycles. The van der Waals surface area contributed by atoms with Crippen molar-refractivity contribution in [3.05, 3.63) is 15.9 Å². The Labute approximate surface area is 117 Å². The zero-order valence-corrected chi connectivity index (χ0v) is 12.9. The number of aromatic nitrogens is 2. The molecular formula is C11H20BrClN4. The van der Waals surface area contributed by atoms with Crippen LogP contribution in [0.4, 0.5) is 0 Å². The van der Waals surface area contributed by atoms with E-state index in [9.17, 15) is 0 Å². The van der Waals surface area contributed by atoms with Crippen LogP contribution in [-0.4, -0.2) is 40.4 Å². The summed E-state index contributed by atoms with van der Waals surface area (Å²) in [5.74, 6) is 0. The van der Waals surface area contributed by atoms with E-state index in [-0.39, 0.29) is 12.4 Å². The summed E-state index contributed by atoms with van der Waals surface area (Å²) in [5.41, 5.74) is 2.34. The Balaban J connectivity index is 0.00000144. The van der Waals surface area contributed by atoms with Gasteiger partial charge in [-0.3, -0.25) is 9.58 Å². The minimum Gasteiger partial charge on any atom is -0.312 e. The van der Waals surface area contributed by atoms with Crippen LogP contribution in [0.25, 0.3) is 0 Å². The van der Waals surface area contributed by atoms with Crippen molar-refractivity contribution in [1.82, 2.24) is 20.0 Å². The molecule has 1 aromatic rings. The van der Waals surface area contributed by atoms with Gasteiger partial charge in [0.15, 0.2) is 0 Å². The fourth-order valence-electron chi connectivity index (χ4n) is 2.22. The summed E-state index contributed by atoms with van der Waals surface area (Å²) in [4.78, 5) is 2.47. The molecule has 6 heteroatoms. The molecule has 4 nitrogen and oxygen atoms in total. The number of hydrogen-bond acceptors (Lipinski definition) is 3. The van der Waals surface area contributed by atoms with Gasteiger partial charge in [-0.25, -0.2) is 0 Å². The first kappa shape index (κ1) is 15.0. The number of halogens is 2. The van der Waals surface area contributed by atoms with E-state index in [2.05, 4.69) is 38.2 Å². The second-order valence-electron chi connectivity index (χ2n) is 4.56. The van der Waals surface area contributed by atoms with Crippen LogP contribution in [0.15, 0.2) is 4.47 Å². The lowest BCUT2D eigenvalue weighted by atomic mass is 10.2. The molecule has 1 aliphatic rings. The minimum atomic E-state index is 0. The predicted molar refractivity (Wildman–Crippen MR) is 75.6 cm³/mol. The normalized spacial score (nSPS) is 21.3. The summed E-state index contributed by atoms with van der Waals surface area (Å²) >= 11 is 3.62. The summed E-state index contributed by atoms with van der Waals surface area (Å²) in [6.07, 6.45) is 0. The molecule has 0 saturated carbocycles. The van der Waals surface area contributed by atoms with Crippen LogP contribution in [-0.2, 0) is 13.6 Å². The molecule has 0 unspecified atom stereocenters. The van der Waals surface area contributed by atoms with Crippen LogP contribution in [0.2, 0.25) is 0 Å². The van der Waals surface area contributed by atoms with Gasteiger partial charge < -0.3 is 5.32 Å². The molecule has 1 atom stereocenters. The van der Waals surface area contributed by atoms with Gasteiger partial charge in [-0.1, -0.05) is 0 Å². The van der Waals surface area contributed by atoms with Gasteiger partial charge in [0.2, 0.25) is 0 Å². The highest BCUT2D eigenvalue weighted by molar-refractivity contribution is 9.10. The number of rotatable bonds is 2. The second kappa shape index (κ2) is 6.18. The summed E-state index contributed by atoms with van der Waals surface area (Å²) in [7, 11) is 2.01. The van der Waals surface area contributed by atoms with Crippen LogP contribution >= 0.6 is 28.3 Å². The molecule has 0 bridgehead atoms. The van der Waals surface area contributed by atoms with Gasteiger partial charge >= 0.3 is 0 Å². The molecule has 17 heavy (non-hydrogen) atoms. The Hall–Kier alpha value is -0.100. The van der Waals surface area contributed by atoms with Crippen molar-refractivity contribution in [2.45, 2.75) is 26.4 Å². The maximum Gasteiger partial charge on any atom is 0.0739 e. The first-order valence-corrected chi connectivity index (χ1v) is 6.51. The lowest BCUT2D eigenvalue weighted by Gasteiger charge is -2.31. The molecule has 98 valence electrons. The monoisotopic (exact) mass is 322 g/mol. The van der Waals surface area contributed by atoms with Crippen LogP contribution < -0.4 is 5.32 Å². The molecule has 1 aromatic heterocycles. The first-order valence-electron chi connectivity index (χ1n) is 5.71. The standard InChI is InChI=1S/C11H19BrN4.ClH/c1-8-6-16(5-4-13-8)7-10-11(12)9(2)14-15(10)3;/h8,13H,4-7H2,1-3H3;1H/t8-;/m1./s1. The lowest BCUT2D eigenvalue weighted by Crippen LogP contribution is -2.48. The highest BCUT2D eigenvalue weighted by Crippen LogP contribution is 2.21. The van der Waals surface area contributed by atoms with Crippen molar-refractivity contribution in [3.8, 4) is 0 Å². The Morgan fingerprint density at radius 3 is 2.76 bits per heavy atom. The molecule has 0 radical (unpaired) electrons. The smallest absolute Gasteiger partial charge is 0.0739 e. The number of hydrogen-bond donors (Lipinski definition) is 1. The molecule has 1 fully saturated rings. The third kappa shape index (κ3) is 3.44. The van der Waals surface area contributed by atoms with Gasteiger partial charge in [-0.2, -0.15) is 5.10 Å². The van der Waals surface area contributed by atoms with Gasteiger partial charge in [-0.05, 0) is 29.8 Å². The number of nitrogens with zero attached hydrogens (tertiary/aromatic N) is 3. The summed E-state index contributed by atoms with van der Waals surface area (Å²) in [6.45, 7) is 8.54. The Morgan fingerprint density at radius 2 is 2.24 bits per heavy atom. The first-order chi connectivity index (χ1) is 7.58. The van der Waals surface area contributed by atoms with Crippen molar-refractivity contribution in [3.63, 3.8) is 0 Å². The minimum absolute atomic E-state index is 0. The fourth-order valence-corrected chi connectivity index (χ4v) is 2.68. The Bertz CT molecular complexity index is 380. The quantitative estimate of drug-likeness (QED) is 0.899. The van der Waals surface area contributed by atoms with Crippen molar-refractivity contribution >= 4 is 28.3 Å². The zero-order valence-electron chi connectivity index (χ0n) is 10.5. The van der Waals surface area contributed by atoms with Crippen LogP contribution in [0, 0.1) is 6.92 Å². The van der Waals surface area contributed by atoms with E-state index in [0.29, 0.717) is 6.04 Å². The molecule has 1 N–H and O–H groups in total. The van der Waals surface area contributed by atoms with Crippen molar-refractivity contribution in [1.29, 1.82) is 0 Å². The average Bonchev–Trinajstić information content (AvgIpc) is 2.45. The Morgan fingerprint density at radius 1 is 1.53 bits per heavy atom. The van der Waals surface area contributed by atoms with Gasteiger partial charge in [-0.15, -0.1) is 12.4 Å². The highest BCUT2D eigenvalue weighted by atomic mass is 79.9. The van der Waals surface area contributed by atoms with Crippen molar-refractivity contribution in [2.75, 3.05) is 19.6 Å². The van der Waals surface area contributed by atoms with Gasteiger partial charge in [0.1, 0.15) is 0 Å². The van der Waals surface area contributed by atoms with E-state index >= 15 is 0 Å². The molecule has 0 aliphatic carbocycles. The van der Waals surface area contributed by atoms with E-state index < -0.39 is 0 Å². The average molecular weight is 324 g/mol. The van der Waals surface area contributed by atoms with Crippen molar-refractivity contribution in [2.24, 2.45) is 7.05 Å². The molecule has 2 heterocycles. The third-order valence-electron chi connectivity index (χ3n) is 3.09. The lowest BCUT2D eigenvalue weighted by molar-refractivity contribution is 0.195. The maximum absolute atomic E-state index is 4.42. The fraction of sp³-hybridized carbons (Fsp3) is 0.727. The van der Waals surface area contributed by atoms with E-state index in [0.717, 1.165) is 36.3 Å². The van der Waals surface area contributed by atoms with E-state index in [1.807, 2.05) is 18.7 Å². The molecule has 0 spiro atoms. The summed E-state index contributed by atoms with van der Waals surface area (Å²) in [5, 5.41) is 7.88. The maximum atomic E-state index is 4.42. The highest BCUT2D eigenvalue weighted by Gasteiger charge is 2.19. The van der Waals surface area contributed by atoms with Crippen LogP contribution in [0.1, 0.15) is 18.3 Å². The SMILES string of the molecule is Cc1nn(C)c(CN2CCN[C@H](C)C2)c1Br.Cl. The Kier molecular flexibility index (Phi) is 5.44. The number of nitrogens with one attached hydrogen (secondary N) is 1. The largest absolute Gasteiger partial charge is 0.312 e. The van der Waals surface area contributed by atoms with Gasteiger partial charge in [0.25, 0.3) is 0 Å². The topological polar surface area (TPSA) is 33.1 Å². The van der Waals surface area contributed by atoms with Crippen molar-refractivity contribution < 1.29 is 0 Å². The van der Waals surface area contributed by atoms with Crippen LogP contribution in [0.5, 0.6) is 0 Å². The summed E-state index contributed by atoms with van der Waals surface area (Å²) in [6, 6.07) is 0.585. The number of aryl methyl sites for hydroxylation is 2. The van der Waals surface area contributed by atoms with Crippen LogP contribution in [0.3, 0.4) is 0 Å². The molecule has 2 rings (SSSR count). The molecule has 0 aromatic carbocycles. The number of piperazine rings is 1. The van der Waals surface area contributed by atoms with E-state index in [1.165, 1.54) is 5.69 Å². The summed E-state index contributed by atoms with van der Waals surface area (Å²) < 4.78 is 3.13.